The van der Waals surface area contributed by atoms with Crippen LogP contribution in [-0.4, -0.2) is 14.7 Å². The van der Waals surface area contributed by atoms with Gasteiger partial charge in [-0.2, -0.15) is 0 Å². The predicted molar refractivity (Wildman–Crippen MR) is 86.7 cm³/mol. The molecule has 0 aliphatic heterocycles. The van der Waals surface area contributed by atoms with Crippen LogP contribution in [0.1, 0.15) is 31.1 Å². The molecule has 1 aromatic carbocycles. The van der Waals surface area contributed by atoms with Crippen molar-refractivity contribution in [2.45, 2.75) is 33.7 Å². The zero-order chi connectivity index (χ0) is 16.0. The summed E-state index contributed by atoms with van der Waals surface area (Å²) in [4.78, 5) is 4.09. The summed E-state index contributed by atoms with van der Waals surface area (Å²) in [6.45, 7) is 8.14. The van der Waals surface area contributed by atoms with Gasteiger partial charge < -0.3 is 9.67 Å². The highest BCUT2D eigenvalue weighted by atomic mass is 19.1. The Hall–Kier alpha value is -2.36. The van der Waals surface area contributed by atoms with Crippen molar-refractivity contribution in [3.63, 3.8) is 0 Å². The van der Waals surface area contributed by atoms with Crippen LogP contribution < -0.4 is 0 Å². The van der Waals surface area contributed by atoms with E-state index in [9.17, 15) is 9.50 Å². The van der Waals surface area contributed by atoms with Gasteiger partial charge in [-0.05, 0) is 45.4 Å². The molecule has 2 heterocycles. The molecular weight excluding hydrogens is 279 g/mol. The quantitative estimate of drug-likeness (QED) is 0.741. The van der Waals surface area contributed by atoms with Crippen molar-refractivity contribution in [3.8, 4) is 17.0 Å². The van der Waals surface area contributed by atoms with Crippen molar-refractivity contribution in [2.75, 3.05) is 0 Å². The van der Waals surface area contributed by atoms with Gasteiger partial charge in [-0.1, -0.05) is 12.1 Å². The van der Waals surface area contributed by atoms with Crippen LogP contribution >= 0.6 is 0 Å². The lowest BCUT2D eigenvalue weighted by Gasteiger charge is -2.14. The maximum Gasteiger partial charge on any atom is 0.215 e. The average Bonchev–Trinajstić information content (AvgIpc) is 2.77. The number of nitrogens with zero attached hydrogens (tertiary/aromatic N) is 2. The summed E-state index contributed by atoms with van der Waals surface area (Å²) < 4.78 is 15.4. The molecule has 3 aromatic rings. The normalized spacial score (nSPS) is 11.5. The number of hydrogen-bond acceptors (Lipinski definition) is 2. The Morgan fingerprint density at radius 2 is 1.77 bits per heavy atom. The van der Waals surface area contributed by atoms with Crippen molar-refractivity contribution in [2.24, 2.45) is 0 Å². The van der Waals surface area contributed by atoms with Gasteiger partial charge in [0.05, 0.1) is 5.52 Å². The molecule has 4 heteroatoms. The van der Waals surface area contributed by atoms with E-state index in [1.807, 2.05) is 6.92 Å². The Bertz CT molecular complexity index is 848. The van der Waals surface area contributed by atoms with Crippen molar-refractivity contribution in [1.82, 2.24) is 9.55 Å². The first kappa shape index (κ1) is 14.6. The van der Waals surface area contributed by atoms with Gasteiger partial charge in [-0.15, -0.1) is 0 Å². The number of pyridine rings is 1. The molecule has 0 amide bonds. The van der Waals surface area contributed by atoms with Crippen molar-refractivity contribution in [3.05, 3.63) is 47.5 Å². The molecule has 3 rings (SSSR count). The molecule has 22 heavy (non-hydrogen) atoms. The number of rotatable bonds is 2. The summed E-state index contributed by atoms with van der Waals surface area (Å²) in [6, 6.07) is 6.74. The maximum atomic E-state index is 13.2. The summed E-state index contributed by atoms with van der Waals surface area (Å²) >= 11 is 0. The number of hydrogen-bond donors (Lipinski definition) is 1. The Morgan fingerprint density at radius 1 is 1.14 bits per heavy atom. The third-order valence-corrected chi connectivity index (χ3v) is 4.14. The second-order valence-electron chi connectivity index (χ2n) is 5.90. The lowest BCUT2D eigenvalue weighted by Crippen LogP contribution is -2.03. The maximum absolute atomic E-state index is 13.2. The van der Waals surface area contributed by atoms with Gasteiger partial charge in [0, 0.05) is 34.4 Å². The fraction of sp³-hybridized carbons (Fsp3) is 0.278. The standard InChI is InChI=1S/C18H19FN2O/c1-10(2)21-12(4)16(13-5-7-14(19)8-6-13)15-9-20-18(22)11(3)17(15)21/h5-10H,1-4H3,(H,20,22). The number of benzene rings is 1. The number of aryl methyl sites for hydroxylation is 1. The molecule has 0 atom stereocenters. The Balaban J connectivity index is 2.43. The third kappa shape index (κ3) is 2.06. The van der Waals surface area contributed by atoms with Crippen molar-refractivity contribution < 1.29 is 9.50 Å². The average molecular weight is 298 g/mol. The first-order valence-electron chi connectivity index (χ1n) is 7.36. The molecule has 1 N–H and O–H groups in total. The second kappa shape index (κ2) is 5.13. The van der Waals surface area contributed by atoms with Gasteiger partial charge in [-0.25, -0.2) is 9.37 Å². The van der Waals surface area contributed by atoms with Gasteiger partial charge in [0.2, 0.25) is 5.88 Å². The molecule has 0 aliphatic carbocycles. The summed E-state index contributed by atoms with van der Waals surface area (Å²) in [5.41, 5.74) is 4.84. The van der Waals surface area contributed by atoms with Crippen LogP contribution in [0.25, 0.3) is 22.0 Å². The lowest BCUT2D eigenvalue weighted by atomic mass is 10.0. The Morgan fingerprint density at radius 3 is 2.36 bits per heavy atom. The summed E-state index contributed by atoms with van der Waals surface area (Å²) in [6.07, 6.45) is 1.70. The first-order chi connectivity index (χ1) is 10.4. The zero-order valence-electron chi connectivity index (χ0n) is 13.2. The SMILES string of the molecule is Cc1c(O)ncc2c(-c3ccc(F)cc3)c(C)n(C(C)C)c12. The molecule has 0 saturated carbocycles. The minimum Gasteiger partial charge on any atom is -0.493 e. The highest BCUT2D eigenvalue weighted by Crippen LogP contribution is 2.39. The van der Waals surface area contributed by atoms with E-state index in [-0.39, 0.29) is 17.7 Å². The smallest absolute Gasteiger partial charge is 0.215 e. The topological polar surface area (TPSA) is 38.1 Å². The van der Waals surface area contributed by atoms with Crippen LogP contribution in [0.15, 0.2) is 30.5 Å². The van der Waals surface area contributed by atoms with E-state index in [4.69, 9.17) is 0 Å². The van der Waals surface area contributed by atoms with E-state index in [0.29, 0.717) is 0 Å². The molecule has 0 spiro atoms. The number of aromatic nitrogens is 2. The minimum atomic E-state index is -0.249. The van der Waals surface area contributed by atoms with Gasteiger partial charge in [0.1, 0.15) is 5.82 Å². The third-order valence-electron chi connectivity index (χ3n) is 4.14. The van der Waals surface area contributed by atoms with E-state index in [1.165, 1.54) is 12.1 Å². The van der Waals surface area contributed by atoms with Crippen LogP contribution in [0.4, 0.5) is 4.39 Å². The fourth-order valence-corrected chi connectivity index (χ4v) is 3.19. The highest BCUT2D eigenvalue weighted by molar-refractivity contribution is 5.99. The van der Waals surface area contributed by atoms with Crippen LogP contribution in [-0.2, 0) is 0 Å². The van der Waals surface area contributed by atoms with Crippen molar-refractivity contribution in [1.29, 1.82) is 0 Å². The Kier molecular flexibility index (Phi) is 3.39. The summed E-state index contributed by atoms with van der Waals surface area (Å²) in [7, 11) is 0. The van der Waals surface area contributed by atoms with Gasteiger partial charge in [-0.3, -0.25) is 0 Å². The molecule has 0 unspecified atom stereocenters. The first-order valence-corrected chi connectivity index (χ1v) is 7.36. The van der Waals surface area contributed by atoms with E-state index in [0.717, 1.165) is 33.3 Å². The molecule has 2 aromatic heterocycles. The molecule has 3 nitrogen and oxygen atoms in total. The van der Waals surface area contributed by atoms with E-state index in [2.05, 4.69) is 30.3 Å². The molecule has 0 bridgehead atoms. The van der Waals surface area contributed by atoms with Gasteiger partial charge >= 0.3 is 0 Å². The molecule has 0 radical (unpaired) electrons. The van der Waals surface area contributed by atoms with Gasteiger partial charge in [0.15, 0.2) is 0 Å². The van der Waals surface area contributed by atoms with Crippen molar-refractivity contribution >= 4 is 10.9 Å². The summed E-state index contributed by atoms with van der Waals surface area (Å²) in [5.74, 6) is -0.196. The van der Waals surface area contributed by atoms with Crippen LogP contribution in [0.2, 0.25) is 0 Å². The van der Waals surface area contributed by atoms with E-state index >= 15 is 0 Å². The second-order valence-corrected chi connectivity index (χ2v) is 5.90. The van der Waals surface area contributed by atoms with Crippen LogP contribution in [0, 0.1) is 19.7 Å². The summed E-state index contributed by atoms with van der Waals surface area (Å²) in [5, 5.41) is 10.9. The minimum absolute atomic E-state index is 0.0533. The number of halogens is 1. The predicted octanol–water partition coefficient (Wildman–Crippen LogP) is 4.75. The van der Waals surface area contributed by atoms with E-state index < -0.39 is 0 Å². The molecule has 0 aliphatic rings. The molecule has 114 valence electrons. The molecule has 0 fully saturated rings. The van der Waals surface area contributed by atoms with Gasteiger partial charge in [0.25, 0.3) is 0 Å². The number of aromatic hydroxyl groups is 1. The zero-order valence-corrected chi connectivity index (χ0v) is 13.2. The highest BCUT2D eigenvalue weighted by Gasteiger charge is 2.20. The monoisotopic (exact) mass is 298 g/mol. The lowest BCUT2D eigenvalue weighted by molar-refractivity contribution is 0.449. The molecule has 0 saturated heterocycles. The van der Waals surface area contributed by atoms with Crippen LogP contribution in [0.3, 0.4) is 0 Å². The molecular formula is C18H19FN2O. The van der Waals surface area contributed by atoms with Crippen LogP contribution in [0.5, 0.6) is 5.88 Å². The number of fused-ring (bicyclic) bond motifs is 1. The largest absolute Gasteiger partial charge is 0.493 e. The van der Waals surface area contributed by atoms with E-state index in [1.54, 1.807) is 18.3 Å². The Labute approximate surface area is 129 Å². The fourth-order valence-electron chi connectivity index (χ4n) is 3.19.